The molecule has 9 nitrogen and oxygen atoms in total. The van der Waals surface area contributed by atoms with Crippen LogP contribution in [0.1, 0.15) is 29.8 Å². The standard InChI is InChI=1S/C20H22N6O3/c1-20(2,29)14-5-3-13(4-6-14)19(28)24-15-11-18(25-10-9-21-17(27)12-25)26-16(23-15)7-8-22-26/h3-8,11,29H,9-10,12H2,1-2H3,(H,21,27)(H,23,24,28). The molecule has 3 aromatic rings. The highest BCUT2D eigenvalue weighted by Crippen LogP contribution is 2.22. The van der Waals surface area contributed by atoms with E-state index in [4.69, 9.17) is 0 Å². The maximum atomic E-state index is 12.7. The lowest BCUT2D eigenvalue weighted by Gasteiger charge is -2.28. The van der Waals surface area contributed by atoms with Gasteiger partial charge in [-0.25, -0.2) is 4.98 Å². The lowest BCUT2D eigenvalue weighted by molar-refractivity contribution is -0.120. The summed E-state index contributed by atoms with van der Waals surface area (Å²) in [5.41, 5.74) is 0.769. The molecule has 2 amide bonds. The molecular formula is C20H22N6O3. The summed E-state index contributed by atoms with van der Waals surface area (Å²) < 4.78 is 1.65. The fourth-order valence-electron chi connectivity index (χ4n) is 3.24. The zero-order valence-electron chi connectivity index (χ0n) is 16.2. The third-order valence-corrected chi connectivity index (χ3v) is 4.80. The Balaban J connectivity index is 1.61. The smallest absolute Gasteiger partial charge is 0.256 e. The molecule has 1 fully saturated rings. The zero-order chi connectivity index (χ0) is 20.6. The van der Waals surface area contributed by atoms with Crippen molar-refractivity contribution in [3.8, 4) is 0 Å². The Labute approximate surface area is 167 Å². The van der Waals surface area contributed by atoms with E-state index in [9.17, 15) is 14.7 Å². The molecule has 3 N–H and O–H groups in total. The number of fused-ring (bicyclic) bond motifs is 1. The fourth-order valence-corrected chi connectivity index (χ4v) is 3.24. The molecule has 0 aliphatic carbocycles. The Morgan fingerprint density at radius 2 is 2.00 bits per heavy atom. The zero-order valence-corrected chi connectivity index (χ0v) is 16.2. The largest absolute Gasteiger partial charge is 0.386 e. The van der Waals surface area contributed by atoms with Crippen LogP contribution in [-0.4, -0.2) is 51.2 Å². The molecule has 1 aliphatic rings. The van der Waals surface area contributed by atoms with Crippen molar-refractivity contribution in [1.82, 2.24) is 19.9 Å². The van der Waals surface area contributed by atoms with Gasteiger partial charge in [0.1, 0.15) is 11.6 Å². The number of benzene rings is 1. The van der Waals surface area contributed by atoms with Gasteiger partial charge in [-0.2, -0.15) is 9.61 Å². The second-order valence-electron chi connectivity index (χ2n) is 7.46. The number of rotatable bonds is 4. The Kier molecular flexibility index (Phi) is 4.67. The summed E-state index contributed by atoms with van der Waals surface area (Å²) in [6, 6.07) is 10.2. The molecule has 0 unspecified atom stereocenters. The first-order chi connectivity index (χ1) is 13.8. The number of aromatic nitrogens is 3. The first-order valence-corrected chi connectivity index (χ1v) is 9.32. The van der Waals surface area contributed by atoms with Gasteiger partial charge in [-0.1, -0.05) is 12.1 Å². The van der Waals surface area contributed by atoms with E-state index in [1.807, 2.05) is 4.90 Å². The summed E-state index contributed by atoms with van der Waals surface area (Å²) in [6.45, 7) is 4.77. The summed E-state index contributed by atoms with van der Waals surface area (Å²) >= 11 is 0. The minimum atomic E-state index is -0.973. The molecule has 0 bridgehead atoms. The molecule has 1 aromatic carbocycles. The third-order valence-electron chi connectivity index (χ3n) is 4.80. The molecule has 150 valence electrons. The molecular weight excluding hydrogens is 372 g/mol. The van der Waals surface area contributed by atoms with E-state index in [0.29, 0.717) is 35.9 Å². The average Bonchev–Trinajstić information content (AvgIpc) is 3.15. The third kappa shape index (κ3) is 3.90. The van der Waals surface area contributed by atoms with Crippen molar-refractivity contribution in [2.45, 2.75) is 19.4 Å². The van der Waals surface area contributed by atoms with Crippen LogP contribution in [0.15, 0.2) is 42.6 Å². The van der Waals surface area contributed by atoms with Gasteiger partial charge in [0.25, 0.3) is 5.91 Å². The Bertz CT molecular complexity index is 1070. The molecule has 1 aliphatic heterocycles. The van der Waals surface area contributed by atoms with Crippen molar-refractivity contribution in [3.05, 3.63) is 53.7 Å². The summed E-state index contributed by atoms with van der Waals surface area (Å²) in [5, 5.41) is 19.9. The Morgan fingerprint density at radius 3 is 2.69 bits per heavy atom. The van der Waals surface area contributed by atoms with Gasteiger partial charge < -0.3 is 20.6 Å². The summed E-state index contributed by atoms with van der Waals surface area (Å²) in [7, 11) is 0. The first kappa shape index (κ1) is 18.9. The van der Waals surface area contributed by atoms with Crippen molar-refractivity contribution in [2.24, 2.45) is 0 Å². The van der Waals surface area contributed by atoms with Crippen LogP contribution in [0, 0.1) is 0 Å². The van der Waals surface area contributed by atoms with E-state index in [-0.39, 0.29) is 18.4 Å². The minimum absolute atomic E-state index is 0.0640. The van der Waals surface area contributed by atoms with Gasteiger partial charge in [0.05, 0.1) is 18.3 Å². The van der Waals surface area contributed by atoms with Crippen LogP contribution in [-0.2, 0) is 10.4 Å². The van der Waals surface area contributed by atoms with E-state index in [0.717, 1.165) is 5.56 Å². The van der Waals surface area contributed by atoms with Crippen molar-refractivity contribution in [1.29, 1.82) is 0 Å². The van der Waals surface area contributed by atoms with Crippen LogP contribution in [0.4, 0.5) is 11.6 Å². The predicted molar refractivity (Wildman–Crippen MR) is 108 cm³/mol. The molecule has 3 heterocycles. The number of nitrogens with one attached hydrogen (secondary N) is 2. The van der Waals surface area contributed by atoms with E-state index in [1.165, 1.54) is 0 Å². The average molecular weight is 394 g/mol. The fraction of sp³-hybridized carbons (Fsp3) is 0.300. The van der Waals surface area contributed by atoms with Gasteiger partial charge >= 0.3 is 0 Å². The number of carbonyl (C=O) groups is 2. The number of hydrogen-bond acceptors (Lipinski definition) is 6. The quantitative estimate of drug-likeness (QED) is 0.612. The van der Waals surface area contributed by atoms with Crippen molar-refractivity contribution in [3.63, 3.8) is 0 Å². The van der Waals surface area contributed by atoms with Crippen LogP contribution in [0.3, 0.4) is 0 Å². The van der Waals surface area contributed by atoms with Crippen LogP contribution in [0.25, 0.3) is 5.65 Å². The lowest BCUT2D eigenvalue weighted by atomic mass is 9.97. The SMILES string of the molecule is CC(C)(O)c1ccc(C(=O)Nc2cc(N3CCNC(=O)C3)n3nccc3n2)cc1. The van der Waals surface area contributed by atoms with Gasteiger partial charge in [0, 0.05) is 30.8 Å². The topological polar surface area (TPSA) is 112 Å². The highest BCUT2D eigenvalue weighted by atomic mass is 16.3. The molecule has 29 heavy (non-hydrogen) atoms. The second-order valence-corrected chi connectivity index (χ2v) is 7.46. The number of aliphatic hydroxyl groups is 1. The van der Waals surface area contributed by atoms with Crippen LogP contribution >= 0.6 is 0 Å². The van der Waals surface area contributed by atoms with Gasteiger partial charge in [0.2, 0.25) is 5.91 Å². The van der Waals surface area contributed by atoms with E-state index >= 15 is 0 Å². The number of carbonyl (C=O) groups excluding carboxylic acids is 2. The van der Waals surface area contributed by atoms with Crippen LogP contribution in [0.2, 0.25) is 0 Å². The Hall–Kier alpha value is -3.46. The van der Waals surface area contributed by atoms with Crippen LogP contribution in [0.5, 0.6) is 0 Å². The normalized spacial score (nSPS) is 14.7. The van der Waals surface area contributed by atoms with Crippen molar-refractivity contribution in [2.75, 3.05) is 29.9 Å². The monoisotopic (exact) mass is 394 g/mol. The number of amides is 2. The number of anilines is 2. The van der Waals surface area contributed by atoms with E-state index in [2.05, 4.69) is 20.7 Å². The van der Waals surface area contributed by atoms with Gasteiger partial charge in [-0.05, 0) is 31.5 Å². The molecule has 2 aromatic heterocycles. The van der Waals surface area contributed by atoms with Crippen molar-refractivity contribution >= 4 is 29.1 Å². The van der Waals surface area contributed by atoms with Crippen molar-refractivity contribution < 1.29 is 14.7 Å². The van der Waals surface area contributed by atoms with Crippen LogP contribution < -0.4 is 15.5 Å². The minimum Gasteiger partial charge on any atom is -0.386 e. The highest BCUT2D eigenvalue weighted by Gasteiger charge is 2.21. The molecule has 0 spiro atoms. The van der Waals surface area contributed by atoms with E-state index in [1.54, 1.807) is 61.0 Å². The van der Waals surface area contributed by atoms with Gasteiger partial charge in [0.15, 0.2) is 5.65 Å². The van der Waals surface area contributed by atoms with Gasteiger partial charge in [-0.15, -0.1) is 0 Å². The van der Waals surface area contributed by atoms with E-state index < -0.39 is 5.60 Å². The summed E-state index contributed by atoms with van der Waals surface area (Å²) in [6.07, 6.45) is 1.62. The molecule has 0 atom stereocenters. The number of nitrogens with zero attached hydrogens (tertiary/aromatic N) is 4. The molecule has 4 rings (SSSR count). The molecule has 9 heteroatoms. The first-order valence-electron chi connectivity index (χ1n) is 9.32. The predicted octanol–water partition coefficient (Wildman–Crippen LogP) is 1.15. The lowest BCUT2D eigenvalue weighted by Crippen LogP contribution is -2.48. The maximum Gasteiger partial charge on any atom is 0.256 e. The molecule has 1 saturated heterocycles. The number of piperazine rings is 1. The molecule has 0 radical (unpaired) electrons. The Morgan fingerprint density at radius 1 is 1.24 bits per heavy atom. The molecule has 0 saturated carbocycles. The van der Waals surface area contributed by atoms with Gasteiger partial charge in [-0.3, -0.25) is 9.59 Å². The maximum absolute atomic E-state index is 12.7. The summed E-state index contributed by atoms with van der Waals surface area (Å²) in [5.74, 6) is 0.676. The highest BCUT2D eigenvalue weighted by molar-refractivity contribution is 6.04. The summed E-state index contributed by atoms with van der Waals surface area (Å²) in [4.78, 5) is 30.8. The second kappa shape index (κ2) is 7.17. The number of hydrogen-bond donors (Lipinski definition) is 3.